The molecule has 2 amide bonds. The molecule has 0 spiro atoms. The third-order valence-corrected chi connectivity index (χ3v) is 5.25. The van der Waals surface area contributed by atoms with Crippen molar-refractivity contribution in [1.82, 2.24) is 5.32 Å². The molecule has 0 atom stereocenters. The molecule has 0 unspecified atom stereocenters. The van der Waals surface area contributed by atoms with E-state index >= 15 is 0 Å². The summed E-state index contributed by atoms with van der Waals surface area (Å²) in [5.41, 5.74) is 4.74. The zero-order valence-electron chi connectivity index (χ0n) is 17.1. The molecule has 0 aromatic heterocycles. The molecule has 0 aliphatic carbocycles. The number of nitrogens with one attached hydrogen (secondary N) is 1. The number of hydrogen-bond acceptors (Lipinski definition) is 3. The molecular weight excluding hydrogens is 364 g/mol. The first-order valence-electron chi connectivity index (χ1n) is 9.97. The van der Waals surface area contributed by atoms with Crippen molar-refractivity contribution in [2.24, 2.45) is 0 Å². The Balaban J connectivity index is 1.87. The third-order valence-electron chi connectivity index (χ3n) is 5.25. The van der Waals surface area contributed by atoms with Crippen LogP contribution in [0.3, 0.4) is 0 Å². The molecule has 3 rings (SSSR count). The quantitative estimate of drug-likeness (QED) is 0.758. The molecule has 1 aliphatic rings. The van der Waals surface area contributed by atoms with Crippen LogP contribution in [0.5, 0.6) is 0 Å². The fourth-order valence-corrected chi connectivity index (χ4v) is 3.56. The van der Waals surface area contributed by atoms with Gasteiger partial charge in [0.2, 0.25) is 5.91 Å². The van der Waals surface area contributed by atoms with Gasteiger partial charge in [0.1, 0.15) is 0 Å². The van der Waals surface area contributed by atoms with Gasteiger partial charge in [-0.05, 0) is 67.7 Å². The van der Waals surface area contributed by atoms with Crippen LogP contribution in [0.2, 0.25) is 0 Å². The monoisotopic (exact) mass is 392 g/mol. The molecule has 1 saturated heterocycles. The predicted molar refractivity (Wildman–Crippen MR) is 115 cm³/mol. The van der Waals surface area contributed by atoms with E-state index < -0.39 is 0 Å². The number of amides is 2. The Morgan fingerprint density at radius 1 is 1.14 bits per heavy atom. The highest BCUT2D eigenvalue weighted by Crippen LogP contribution is 2.29. The Morgan fingerprint density at radius 2 is 1.83 bits per heavy atom. The minimum atomic E-state index is -0.217. The molecule has 0 saturated carbocycles. The van der Waals surface area contributed by atoms with Crippen LogP contribution in [0.4, 0.5) is 5.69 Å². The Hall–Kier alpha value is -2.92. The molecular formula is C24H28N2O3. The molecule has 5 heteroatoms. The lowest BCUT2D eigenvalue weighted by Gasteiger charge is -2.35. The van der Waals surface area contributed by atoms with Gasteiger partial charge in [0, 0.05) is 37.1 Å². The maximum absolute atomic E-state index is 13.5. The predicted octanol–water partition coefficient (Wildman–Crippen LogP) is 3.93. The van der Waals surface area contributed by atoms with Crippen LogP contribution in [0.25, 0.3) is 0 Å². The Labute approximate surface area is 172 Å². The number of rotatable bonds is 6. The zero-order chi connectivity index (χ0) is 20.8. The number of anilines is 1. The number of carbonyl (C=O) groups is 2. The highest BCUT2D eigenvalue weighted by Gasteiger charge is 2.29. The number of aryl methyl sites for hydroxylation is 2. The largest absolute Gasteiger partial charge is 0.381 e. The van der Waals surface area contributed by atoms with Gasteiger partial charge in [0.25, 0.3) is 5.91 Å². The molecule has 1 aliphatic heterocycles. The van der Waals surface area contributed by atoms with Crippen LogP contribution in [-0.4, -0.2) is 31.1 Å². The lowest BCUT2D eigenvalue weighted by atomic mass is 10.0. The SMILES string of the molecule is C=CC(=O)NCc1ccc(C(=O)N(c2cc(C)ccc2C)C2CCOCC2)cc1. The summed E-state index contributed by atoms with van der Waals surface area (Å²) in [6.45, 7) is 9.27. The molecule has 152 valence electrons. The normalized spacial score (nSPS) is 14.3. The second-order valence-electron chi connectivity index (χ2n) is 7.43. The van der Waals surface area contributed by atoms with Crippen molar-refractivity contribution in [3.8, 4) is 0 Å². The number of carbonyl (C=O) groups excluding carboxylic acids is 2. The lowest BCUT2D eigenvalue weighted by Crippen LogP contribution is -2.44. The highest BCUT2D eigenvalue weighted by atomic mass is 16.5. The van der Waals surface area contributed by atoms with Crippen molar-refractivity contribution >= 4 is 17.5 Å². The van der Waals surface area contributed by atoms with E-state index in [1.165, 1.54) is 6.08 Å². The van der Waals surface area contributed by atoms with Crippen molar-refractivity contribution < 1.29 is 14.3 Å². The van der Waals surface area contributed by atoms with Crippen LogP contribution in [-0.2, 0) is 16.1 Å². The number of hydrogen-bond donors (Lipinski definition) is 1. The number of benzene rings is 2. The van der Waals surface area contributed by atoms with Gasteiger partial charge in [0.05, 0.1) is 0 Å². The fourth-order valence-electron chi connectivity index (χ4n) is 3.56. The molecule has 2 aromatic rings. The Kier molecular flexibility index (Phi) is 6.83. The summed E-state index contributed by atoms with van der Waals surface area (Å²) >= 11 is 0. The zero-order valence-corrected chi connectivity index (χ0v) is 17.1. The smallest absolute Gasteiger partial charge is 0.258 e. The molecule has 2 aromatic carbocycles. The second-order valence-corrected chi connectivity index (χ2v) is 7.43. The summed E-state index contributed by atoms with van der Waals surface area (Å²) in [5.74, 6) is -0.224. The second kappa shape index (κ2) is 9.52. The first-order valence-corrected chi connectivity index (χ1v) is 9.97. The summed E-state index contributed by atoms with van der Waals surface area (Å²) in [7, 11) is 0. The van der Waals surface area contributed by atoms with E-state index in [0.717, 1.165) is 35.2 Å². The Morgan fingerprint density at radius 3 is 2.48 bits per heavy atom. The third kappa shape index (κ3) is 5.12. The fraction of sp³-hybridized carbons (Fsp3) is 0.333. The van der Waals surface area contributed by atoms with Gasteiger partial charge in [-0.1, -0.05) is 30.8 Å². The minimum absolute atomic E-state index is 0.00715. The van der Waals surface area contributed by atoms with E-state index in [9.17, 15) is 9.59 Å². The van der Waals surface area contributed by atoms with Gasteiger partial charge in [-0.3, -0.25) is 9.59 Å². The van der Waals surface area contributed by atoms with Crippen LogP contribution >= 0.6 is 0 Å². The molecule has 1 N–H and O–H groups in total. The molecule has 1 heterocycles. The van der Waals surface area contributed by atoms with E-state index in [2.05, 4.69) is 30.1 Å². The van der Waals surface area contributed by atoms with E-state index in [1.54, 1.807) is 0 Å². The van der Waals surface area contributed by atoms with E-state index in [1.807, 2.05) is 43.0 Å². The molecule has 5 nitrogen and oxygen atoms in total. The standard InChI is InChI=1S/C24H28N2O3/c1-4-23(27)25-16-19-7-9-20(10-8-19)24(28)26(21-11-13-29-14-12-21)22-15-17(2)5-6-18(22)3/h4-10,15,21H,1,11-14,16H2,2-3H3,(H,25,27). The van der Waals surface area contributed by atoms with Crippen LogP contribution in [0.1, 0.15) is 39.9 Å². The van der Waals surface area contributed by atoms with Gasteiger partial charge >= 0.3 is 0 Å². The van der Waals surface area contributed by atoms with E-state index in [-0.39, 0.29) is 17.9 Å². The van der Waals surface area contributed by atoms with Crippen molar-refractivity contribution in [2.75, 3.05) is 18.1 Å². The Bertz CT molecular complexity index is 883. The first kappa shape index (κ1) is 20.8. The maximum atomic E-state index is 13.5. The van der Waals surface area contributed by atoms with Crippen molar-refractivity contribution in [2.45, 2.75) is 39.3 Å². The van der Waals surface area contributed by atoms with Crippen LogP contribution < -0.4 is 10.2 Å². The summed E-state index contributed by atoms with van der Waals surface area (Å²) in [4.78, 5) is 26.8. The number of ether oxygens (including phenoxy) is 1. The highest BCUT2D eigenvalue weighted by molar-refractivity contribution is 6.07. The minimum Gasteiger partial charge on any atom is -0.381 e. The van der Waals surface area contributed by atoms with E-state index in [0.29, 0.717) is 25.3 Å². The van der Waals surface area contributed by atoms with Crippen molar-refractivity contribution in [1.29, 1.82) is 0 Å². The number of nitrogens with zero attached hydrogens (tertiary/aromatic N) is 1. The molecule has 0 radical (unpaired) electrons. The van der Waals surface area contributed by atoms with Gasteiger partial charge in [-0.2, -0.15) is 0 Å². The molecule has 29 heavy (non-hydrogen) atoms. The summed E-state index contributed by atoms with van der Waals surface area (Å²) in [6, 6.07) is 13.7. The summed E-state index contributed by atoms with van der Waals surface area (Å²) < 4.78 is 5.52. The van der Waals surface area contributed by atoms with Gasteiger partial charge in [0.15, 0.2) is 0 Å². The first-order chi connectivity index (χ1) is 14.0. The lowest BCUT2D eigenvalue weighted by molar-refractivity contribution is -0.116. The molecule has 0 bridgehead atoms. The van der Waals surface area contributed by atoms with Gasteiger partial charge < -0.3 is 15.0 Å². The average Bonchev–Trinajstić information content (AvgIpc) is 2.75. The van der Waals surface area contributed by atoms with E-state index in [4.69, 9.17) is 4.74 Å². The molecule has 1 fully saturated rings. The van der Waals surface area contributed by atoms with Crippen LogP contribution in [0.15, 0.2) is 55.1 Å². The summed E-state index contributed by atoms with van der Waals surface area (Å²) in [5, 5.41) is 2.75. The van der Waals surface area contributed by atoms with Gasteiger partial charge in [-0.15, -0.1) is 0 Å². The topological polar surface area (TPSA) is 58.6 Å². The van der Waals surface area contributed by atoms with Crippen molar-refractivity contribution in [3.63, 3.8) is 0 Å². The maximum Gasteiger partial charge on any atom is 0.258 e. The van der Waals surface area contributed by atoms with Crippen molar-refractivity contribution in [3.05, 3.63) is 77.4 Å². The van der Waals surface area contributed by atoms with Crippen LogP contribution in [0, 0.1) is 13.8 Å². The average molecular weight is 392 g/mol. The van der Waals surface area contributed by atoms with Gasteiger partial charge in [-0.25, -0.2) is 0 Å². The summed E-state index contributed by atoms with van der Waals surface area (Å²) in [6.07, 6.45) is 2.89.